The van der Waals surface area contributed by atoms with Crippen LogP contribution in [0.15, 0.2) is 23.1 Å². The van der Waals surface area contributed by atoms with Gasteiger partial charge in [-0.15, -0.1) is 0 Å². The van der Waals surface area contributed by atoms with Crippen molar-refractivity contribution in [1.82, 2.24) is 9.71 Å². The number of nitrogens with one attached hydrogen (secondary N) is 3. The number of amides is 1. The maximum absolute atomic E-state index is 12.7. The van der Waals surface area contributed by atoms with E-state index in [1.165, 1.54) is 12.1 Å². The maximum Gasteiger partial charge on any atom is 0.355 e. The minimum atomic E-state index is -3.71. The summed E-state index contributed by atoms with van der Waals surface area (Å²) in [6.45, 7) is 5.53. The van der Waals surface area contributed by atoms with Crippen molar-refractivity contribution >= 4 is 39.2 Å². The molecule has 0 fully saturated rings. The van der Waals surface area contributed by atoms with Crippen molar-refractivity contribution in [2.45, 2.75) is 57.4 Å². The molecular formula is C23H27N3O5S. The normalized spacial score (nSPS) is 16.8. The van der Waals surface area contributed by atoms with Gasteiger partial charge in [0.05, 0.1) is 17.1 Å². The Balaban J connectivity index is 1.79. The van der Waals surface area contributed by atoms with Gasteiger partial charge < -0.3 is 15.0 Å². The fourth-order valence-corrected chi connectivity index (χ4v) is 5.54. The molecule has 0 unspecified atom stereocenters. The molecule has 1 aromatic heterocycles. The van der Waals surface area contributed by atoms with E-state index in [0.717, 1.165) is 36.8 Å². The maximum atomic E-state index is 12.7. The van der Waals surface area contributed by atoms with E-state index in [1.807, 2.05) is 0 Å². The molecule has 0 bridgehead atoms. The molecular weight excluding hydrogens is 430 g/mol. The Labute approximate surface area is 187 Å². The first-order valence-corrected chi connectivity index (χ1v) is 12.3. The van der Waals surface area contributed by atoms with Crippen LogP contribution in [0, 0.1) is 0 Å². The first-order valence-electron chi connectivity index (χ1n) is 10.8. The smallest absolute Gasteiger partial charge is 0.355 e. The summed E-state index contributed by atoms with van der Waals surface area (Å²) in [4.78, 5) is 28.4. The molecule has 0 saturated heterocycles. The largest absolute Gasteiger partial charge is 0.461 e. The van der Waals surface area contributed by atoms with Crippen molar-refractivity contribution in [3.05, 3.63) is 46.3 Å². The second kappa shape index (κ2) is 8.55. The van der Waals surface area contributed by atoms with Crippen LogP contribution in [0.1, 0.15) is 66.5 Å². The molecule has 0 atom stereocenters. The zero-order valence-electron chi connectivity index (χ0n) is 18.4. The summed E-state index contributed by atoms with van der Waals surface area (Å²) in [6, 6.07) is 4.32. The van der Waals surface area contributed by atoms with Crippen LogP contribution in [-0.2, 0) is 32.4 Å². The third-order valence-electron chi connectivity index (χ3n) is 5.60. The van der Waals surface area contributed by atoms with Gasteiger partial charge in [0.2, 0.25) is 10.0 Å². The summed E-state index contributed by atoms with van der Waals surface area (Å²) in [5.74, 6) is -0.720. The number of ether oxygens (including phenoxy) is 1. The fourth-order valence-electron chi connectivity index (χ4n) is 4.26. The van der Waals surface area contributed by atoms with Crippen LogP contribution in [-0.4, -0.2) is 37.9 Å². The molecule has 1 aliphatic carbocycles. The number of anilines is 1. The van der Waals surface area contributed by atoms with Gasteiger partial charge in [0.1, 0.15) is 5.69 Å². The lowest BCUT2D eigenvalue weighted by molar-refractivity contribution is -0.110. The number of rotatable bonds is 6. The van der Waals surface area contributed by atoms with Crippen molar-refractivity contribution < 1.29 is 22.7 Å². The van der Waals surface area contributed by atoms with E-state index in [1.54, 1.807) is 32.9 Å². The summed E-state index contributed by atoms with van der Waals surface area (Å²) in [7, 11) is -3.71. The molecule has 1 aromatic carbocycles. The second-order valence-corrected chi connectivity index (χ2v) is 10.0. The van der Waals surface area contributed by atoms with E-state index in [0.29, 0.717) is 28.2 Å². The summed E-state index contributed by atoms with van der Waals surface area (Å²) < 4.78 is 33.0. The van der Waals surface area contributed by atoms with E-state index in [2.05, 4.69) is 15.0 Å². The Morgan fingerprint density at radius 2 is 1.94 bits per heavy atom. The molecule has 1 aliphatic heterocycles. The molecule has 0 radical (unpaired) electrons. The Kier molecular flexibility index (Phi) is 5.96. The highest BCUT2D eigenvalue weighted by molar-refractivity contribution is 7.89. The molecule has 4 rings (SSSR count). The minimum Gasteiger partial charge on any atom is -0.461 e. The summed E-state index contributed by atoms with van der Waals surface area (Å²) >= 11 is 0. The highest BCUT2D eigenvalue weighted by atomic mass is 32.2. The van der Waals surface area contributed by atoms with Gasteiger partial charge in [0.25, 0.3) is 5.91 Å². The SMILES string of the molecule is CCOC(=O)c1[nH]c(C=C2C(=O)Nc3ccc(S(=O)(=O)NC(C)C)cc32)c2c1CCCC2. The summed E-state index contributed by atoms with van der Waals surface area (Å²) in [6.07, 6.45) is 5.26. The van der Waals surface area contributed by atoms with Gasteiger partial charge in [0, 0.05) is 23.0 Å². The molecule has 32 heavy (non-hydrogen) atoms. The van der Waals surface area contributed by atoms with Crippen molar-refractivity contribution in [2.24, 2.45) is 0 Å². The van der Waals surface area contributed by atoms with Gasteiger partial charge in [0.15, 0.2) is 0 Å². The Hall–Kier alpha value is -2.91. The summed E-state index contributed by atoms with van der Waals surface area (Å²) in [5, 5.41) is 2.79. The third kappa shape index (κ3) is 4.10. The van der Waals surface area contributed by atoms with E-state index in [9.17, 15) is 18.0 Å². The number of esters is 1. The van der Waals surface area contributed by atoms with E-state index in [4.69, 9.17) is 4.74 Å². The fraction of sp³-hybridized carbons (Fsp3) is 0.391. The van der Waals surface area contributed by atoms with E-state index >= 15 is 0 Å². The van der Waals surface area contributed by atoms with E-state index < -0.39 is 16.0 Å². The quantitative estimate of drug-likeness (QED) is 0.455. The van der Waals surface area contributed by atoms with Crippen LogP contribution in [0.25, 0.3) is 11.6 Å². The minimum absolute atomic E-state index is 0.0908. The number of hydrogen-bond acceptors (Lipinski definition) is 5. The average molecular weight is 458 g/mol. The standard InChI is InChI=1S/C23H27N3O5S/c1-4-31-23(28)21-16-8-6-5-7-15(16)20(24-21)12-18-17-11-14(32(29,30)26-13(2)3)9-10-19(17)25-22(18)27/h9-13,24,26H,4-8H2,1-3H3,(H,25,27). The molecule has 0 spiro atoms. The second-order valence-electron chi connectivity index (χ2n) is 8.29. The van der Waals surface area contributed by atoms with Gasteiger partial charge in [-0.25, -0.2) is 17.9 Å². The van der Waals surface area contributed by atoms with Gasteiger partial charge in [-0.2, -0.15) is 0 Å². The van der Waals surface area contributed by atoms with Crippen molar-refractivity contribution in [3.63, 3.8) is 0 Å². The summed E-state index contributed by atoms with van der Waals surface area (Å²) in [5.41, 5.74) is 4.50. The number of benzene rings is 1. The molecule has 2 heterocycles. The lowest BCUT2D eigenvalue weighted by Gasteiger charge is -2.13. The highest BCUT2D eigenvalue weighted by Crippen LogP contribution is 2.37. The molecule has 9 heteroatoms. The van der Waals surface area contributed by atoms with Crippen LogP contribution < -0.4 is 10.0 Å². The molecule has 2 aromatic rings. The monoisotopic (exact) mass is 457 g/mol. The van der Waals surface area contributed by atoms with Crippen LogP contribution in [0.2, 0.25) is 0 Å². The Bertz CT molecular complexity index is 1220. The zero-order valence-corrected chi connectivity index (χ0v) is 19.2. The zero-order chi connectivity index (χ0) is 23.0. The lowest BCUT2D eigenvalue weighted by Crippen LogP contribution is -2.30. The number of hydrogen-bond donors (Lipinski definition) is 3. The number of H-pyrrole nitrogens is 1. The number of carbonyl (C=O) groups is 2. The number of sulfonamides is 1. The van der Waals surface area contributed by atoms with Crippen LogP contribution in [0.4, 0.5) is 5.69 Å². The van der Waals surface area contributed by atoms with Gasteiger partial charge in [-0.1, -0.05) is 0 Å². The Morgan fingerprint density at radius 1 is 1.22 bits per heavy atom. The first-order chi connectivity index (χ1) is 15.2. The predicted molar refractivity (Wildman–Crippen MR) is 122 cm³/mol. The highest BCUT2D eigenvalue weighted by Gasteiger charge is 2.29. The van der Waals surface area contributed by atoms with Crippen molar-refractivity contribution in [2.75, 3.05) is 11.9 Å². The average Bonchev–Trinajstić information content (AvgIpc) is 3.25. The molecule has 1 amide bonds. The van der Waals surface area contributed by atoms with Gasteiger partial charge in [-0.05, 0) is 81.9 Å². The molecule has 8 nitrogen and oxygen atoms in total. The molecule has 0 saturated carbocycles. The molecule has 170 valence electrons. The third-order valence-corrected chi connectivity index (χ3v) is 7.25. The first kappa shape index (κ1) is 22.3. The van der Waals surface area contributed by atoms with Crippen LogP contribution in [0.3, 0.4) is 0 Å². The topological polar surface area (TPSA) is 117 Å². The van der Waals surface area contributed by atoms with Crippen LogP contribution in [0.5, 0.6) is 0 Å². The van der Waals surface area contributed by atoms with Crippen molar-refractivity contribution in [1.29, 1.82) is 0 Å². The van der Waals surface area contributed by atoms with E-state index in [-0.39, 0.29) is 23.5 Å². The molecule has 3 N–H and O–H groups in total. The number of fused-ring (bicyclic) bond motifs is 2. The molecule has 2 aliphatic rings. The number of aromatic nitrogens is 1. The lowest BCUT2D eigenvalue weighted by atomic mass is 9.91. The van der Waals surface area contributed by atoms with Crippen molar-refractivity contribution in [3.8, 4) is 0 Å². The van der Waals surface area contributed by atoms with Crippen LogP contribution >= 0.6 is 0 Å². The van der Waals surface area contributed by atoms with Gasteiger partial charge >= 0.3 is 5.97 Å². The number of carbonyl (C=O) groups excluding carboxylic acids is 2. The predicted octanol–water partition coefficient (Wildman–Crippen LogP) is 3.25. The Morgan fingerprint density at radius 3 is 2.62 bits per heavy atom. The van der Waals surface area contributed by atoms with Gasteiger partial charge in [-0.3, -0.25) is 4.79 Å². The number of aromatic amines is 1.